The lowest BCUT2D eigenvalue weighted by molar-refractivity contribution is -0.332. The molecule has 1 aromatic heterocycles. The smallest absolute Gasteiger partial charge is 0.339 e. The van der Waals surface area contributed by atoms with E-state index >= 15 is 0 Å². The van der Waals surface area contributed by atoms with Gasteiger partial charge < -0.3 is 54.4 Å². The van der Waals surface area contributed by atoms with Gasteiger partial charge in [0.25, 0.3) is 0 Å². The highest BCUT2D eigenvalue weighted by molar-refractivity contribution is 5.82. The van der Waals surface area contributed by atoms with E-state index in [0.717, 1.165) is 0 Å². The highest BCUT2D eigenvalue weighted by Gasteiger charge is 2.69. The van der Waals surface area contributed by atoms with E-state index in [2.05, 4.69) is 0 Å². The number of aliphatic hydroxyl groups is 7. The van der Waals surface area contributed by atoms with Crippen molar-refractivity contribution >= 4 is 5.97 Å². The van der Waals surface area contributed by atoms with E-state index in [4.69, 9.17) is 18.6 Å². The van der Waals surface area contributed by atoms with Crippen LogP contribution >= 0.6 is 0 Å². The van der Waals surface area contributed by atoms with Crippen molar-refractivity contribution in [3.63, 3.8) is 0 Å². The zero-order valence-electron chi connectivity index (χ0n) is 19.8. The van der Waals surface area contributed by atoms with Crippen molar-refractivity contribution in [1.82, 2.24) is 0 Å². The summed E-state index contributed by atoms with van der Waals surface area (Å²) in [6.07, 6.45) is -8.17. The third kappa shape index (κ3) is 3.82. The molecule has 0 unspecified atom stereocenters. The molecule has 5 rings (SSSR count). The Morgan fingerprint density at radius 1 is 1.11 bits per heavy atom. The zero-order valence-corrected chi connectivity index (χ0v) is 19.8. The van der Waals surface area contributed by atoms with Crippen molar-refractivity contribution < 1.29 is 59.2 Å². The molecule has 0 amide bonds. The van der Waals surface area contributed by atoms with Gasteiger partial charge in [-0.2, -0.15) is 0 Å². The first-order valence-corrected chi connectivity index (χ1v) is 12.3. The number of carbonyl (C=O) groups is 1. The van der Waals surface area contributed by atoms with Gasteiger partial charge in [0.2, 0.25) is 0 Å². The van der Waals surface area contributed by atoms with E-state index in [0.29, 0.717) is 5.56 Å². The lowest BCUT2D eigenvalue weighted by Crippen LogP contribution is -2.70. The molecular weight excluding hydrogens is 480 g/mol. The number of hydrogen-bond acceptors (Lipinski definition) is 12. The summed E-state index contributed by atoms with van der Waals surface area (Å²) in [6, 6.07) is 1.66. The normalized spacial score (nSPS) is 51.2. The fraction of sp³-hybridized carbons (Fsp3) is 0.792. The van der Waals surface area contributed by atoms with Gasteiger partial charge >= 0.3 is 5.97 Å². The number of cyclic esters (lactones) is 1. The molecule has 0 aromatic carbocycles. The van der Waals surface area contributed by atoms with Gasteiger partial charge in [-0.15, -0.1) is 0 Å². The maximum atomic E-state index is 13.1. The predicted octanol–water partition coefficient (Wildman–Crippen LogP) is -1.66. The van der Waals surface area contributed by atoms with E-state index in [-0.39, 0.29) is 25.7 Å². The van der Waals surface area contributed by atoms with Crippen LogP contribution in [0.1, 0.15) is 44.3 Å². The van der Waals surface area contributed by atoms with Gasteiger partial charge in [0.1, 0.15) is 30.5 Å². The lowest BCUT2D eigenvalue weighted by atomic mass is 9.47. The average molecular weight is 515 g/mol. The summed E-state index contributed by atoms with van der Waals surface area (Å²) in [4.78, 5) is 13.1. The van der Waals surface area contributed by atoms with Crippen LogP contribution in [0.4, 0.5) is 0 Å². The third-order valence-electron chi connectivity index (χ3n) is 8.96. The molecule has 0 bridgehead atoms. The summed E-state index contributed by atoms with van der Waals surface area (Å²) in [6.45, 7) is 1.08. The van der Waals surface area contributed by atoms with Gasteiger partial charge in [0.05, 0.1) is 37.4 Å². The molecule has 3 heterocycles. The fourth-order valence-electron chi connectivity index (χ4n) is 6.87. The van der Waals surface area contributed by atoms with Crippen LogP contribution in [0.2, 0.25) is 0 Å². The van der Waals surface area contributed by atoms with Crippen molar-refractivity contribution in [3.8, 4) is 0 Å². The standard InChI is InChI=1S/C24H34O12/c1-23-7-14(10-3-5-33-9-10)36-22(31)24(23,32)4-2-11-13(6-12(26)17(27)16(11)23)34-21-20(30)19(29)18(28)15(8-25)35-21/h3,5,9,11-21,25-30,32H,2,4,6-8H2,1H3/t11-,12+,13-,14+,15-,16+,17+,18-,19+,20-,21-,23+,24-/m1/s1. The number of hydrogen-bond donors (Lipinski definition) is 7. The SMILES string of the molecule is C[C@@]12C[C@@H](c3ccoc3)OC(=O)[C@]1(O)CC[C@H]1[C@H]2[C@@H](O)[C@@H](O)C[C@H]1O[C@@H]1O[C@H](CO)[C@@H](O)[C@H](O)[C@H]1O. The molecule has 2 saturated heterocycles. The van der Waals surface area contributed by atoms with Crippen molar-refractivity contribution in [2.45, 2.75) is 93.3 Å². The van der Waals surface area contributed by atoms with Crippen LogP contribution in [0, 0.1) is 17.3 Å². The topological polar surface area (TPSA) is 200 Å². The molecule has 1 aromatic rings. The third-order valence-corrected chi connectivity index (χ3v) is 8.96. The summed E-state index contributed by atoms with van der Waals surface area (Å²) in [5, 5.41) is 73.7. The largest absolute Gasteiger partial charge is 0.472 e. The van der Waals surface area contributed by atoms with E-state index < -0.39 is 90.5 Å². The number of aliphatic hydroxyl groups excluding tert-OH is 6. The molecule has 36 heavy (non-hydrogen) atoms. The van der Waals surface area contributed by atoms with Gasteiger partial charge in [0.15, 0.2) is 11.9 Å². The Bertz CT molecular complexity index is 938. The quantitative estimate of drug-likeness (QED) is 0.226. The Morgan fingerprint density at radius 2 is 1.86 bits per heavy atom. The molecule has 2 saturated carbocycles. The molecule has 202 valence electrons. The first kappa shape index (κ1) is 26.0. The van der Waals surface area contributed by atoms with Gasteiger partial charge in [-0.1, -0.05) is 6.92 Å². The van der Waals surface area contributed by atoms with Gasteiger partial charge in [-0.3, -0.25) is 0 Å². The van der Waals surface area contributed by atoms with Crippen molar-refractivity contribution in [2.24, 2.45) is 17.3 Å². The first-order valence-electron chi connectivity index (χ1n) is 12.3. The van der Waals surface area contributed by atoms with Crippen LogP contribution in [-0.4, -0.2) is 103 Å². The molecule has 0 radical (unpaired) electrons. The highest BCUT2D eigenvalue weighted by Crippen LogP contribution is 2.62. The minimum absolute atomic E-state index is 0.0263. The molecular formula is C24H34O12. The predicted molar refractivity (Wildman–Crippen MR) is 117 cm³/mol. The second-order valence-electron chi connectivity index (χ2n) is 10.8. The summed E-state index contributed by atoms with van der Waals surface area (Å²) in [5.74, 6) is -2.06. The Hall–Kier alpha value is -1.61. The maximum Gasteiger partial charge on any atom is 0.339 e. The Morgan fingerprint density at radius 3 is 2.53 bits per heavy atom. The molecule has 4 aliphatic rings. The van der Waals surface area contributed by atoms with E-state index in [1.54, 1.807) is 13.0 Å². The molecule has 4 fully saturated rings. The van der Waals surface area contributed by atoms with Crippen molar-refractivity contribution in [3.05, 3.63) is 24.2 Å². The summed E-state index contributed by atoms with van der Waals surface area (Å²) in [5.41, 5.74) is -2.51. The Kier molecular flexibility index (Phi) is 6.72. The minimum atomic E-state index is -1.90. The lowest BCUT2D eigenvalue weighted by Gasteiger charge is -2.62. The Labute approximate surface area is 207 Å². The second kappa shape index (κ2) is 9.29. The number of rotatable bonds is 4. The number of carbonyl (C=O) groups excluding carboxylic acids is 1. The number of fused-ring (bicyclic) bond motifs is 3. The van der Waals surface area contributed by atoms with Crippen molar-refractivity contribution in [1.29, 1.82) is 0 Å². The van der Waals surface area contributed by atoms with Gasteiger partial charge in [0, 0.05) is 23.3 Å². The number of ether oxygens (including phenoxy) is 3. The van der Waals surface area contributed by atoms with Crippen LogP contribution in [0.15, 0.2) is 23.0 Å². The first-order chi connectivity index (χ1) is 17.0. The van der Waals surface area contributed by atoms with E-state index in [9.17, 15) is 40.5 Å². The molecule has 2 aliphatic carbocycles. The van der Waals surface area contributed by atoms with Crippen LogP contribution < -0.4 is 0 Å². The van der Waals surface area contributed by atoms with Crippen LogP contribution in [0.25, 0.3) is 0 Å². The maximum absolute atomic E-state index is 13.1. The molecule has 0 spiro atoms. The molecule has 7 N–H and O–H groups in total. The molecule has 13 atom stereocenters. The summed E-state index contributed by atoms with van der Waals surface area (Å²) in [7, 11) is 0. The Balaban J connectivity index is 1.45. The van der Waals surface area contributed by atoms with Crippen LogP contribution in [-0.2, 0) is 19.0 Å². The minimum Gasteiger partial charge on any atom is -0.472 e. The summed E-state index contributed by atoms with van der Waals surface area (Å²) < 4.78 is 22.2. The van der Waals surface area contributed by atoms with Crippen LogP contribution in [0.3, 0.4) is 0 Å². The number of furan rings is 1. The zero-order chi connectivity index (χ0) is 26.0. The number of esters is 1. The van der Waals surface area contributed by atoms with Gasteiger partial charge in [-0.25, -0.2) is 4.79 Å². The van der Waals surface area contributed by atoms with E-state index in [1.807, 2.05) is 0 Å². The van der Waals surface area contributed by atoms with E-state index in [1.165, 1.54) is 12.5 Å². The monoisotopic (exact) mass is 514 g/mol. The van der Waals surface area contributed by atoms with Crippen LogP contribution in [0.5, 0.6) is 0 Å². The van der Waals surface area contributed by atoms with Crippen molar-refractivity contribution in [2.75, 3.05) is 6.61 Å². The molecule has 12 heteroatoms. The highest BCUT2D eigenvalue weighted by atomic mass is 16.7. The average Bonchev–Trinajstić information content (AvgIpc) is 3.38. The summed E-state index contributed by atoms with van der Waals surface area (Å²) >= 11 is 0. The van der Waals surface area contributed by atoms with Gasteiger partial charge in [-0.05, 0) is 31.2 Å². The molecule has 2 aliphatic heterocycles. The fourth-order valence-corrected chi connectivity index (χ4v) is 6.87. The second-order valence-corrected chi connectivity index (χ2v) is 10.8. The molecule has 12 nitrogen and oxygen atoms in total.